The molecule has 8 heteroatoms. The number of hydrogen-bond donors (Lipinski definition) is 0. The van der Waals surface area contributed by atoms with Crippen LogP contribution < -0.4 is 0 Å². The number of piperidine rings is 1. The minimum Gasteiger partial charge on any atom is -0.422 e. The number of rotatable bonds is 6. The second-order valence-corrected chi connectivity index (χ2v) is 14.2. The van der Waals surface area contributed by atoms with Crippen molar-refractivity contribution >= 4 is 49.5 Å². The Morgan fingerprint density at radius 2 is 1.33 bits per heavy atom. The summed E-state index contributed by atoms with van der Waals surface area (Å²) in [5.41, 5.74) is 5.40. The molecule has 3 aliphatic heterocycles. The molecule has 0 amide bonds. The van der Waals surface area contributed by atoms with Crippen molar-refractivity contribution in [2.45, 2.75) is 30.3 Å². The Bertz CT molecular complexity index is 2070. The van der Waals surface area contributed by atoms with E-state index in [1.165, 1.54) is 5.56 Å². The summed E-state index contributed by atoms with van der Waals surface area (Å²) < 4.78 is 9.05. The van der Waals surface area contributed by atoms with Crippen LogP contribution in [0.1, 0.15) is 46.7 Å². The average Bonchev–Trinajstić information content (AvgIpc) is 3.76. The second-order valence-electron chi connectivity index (χ2n) is 12.5. The quantitative estimate of drug-likeness (QED) is 0.173. The highest BCUT2D eigenvalue weighted by Gasteiger charge is 2.74. The lowest BCUT2D eigenvalue weighted by molar-refractivity contribution is -0.279. The third-order valence-corrected chi connectivity index (χ3v) is 11.2. The molecule has 2 spiro atoms. The van der Waals surface area contributed by atoms with E-state index in [2.05, 4.69) is 116 Å². The normalized spacial score (nSPS) is 24.6. The van der Waals surface area contributed by atoms with Gasteiger partial charge in [-0.1, -0.05) is 152 Å². The van der Waals surface area contributed by atoms with Crippen LogP contribution in [0.5, 0.6) is 0 Å². The van der Waals surface area contributed by atoms with Crippen LogP contribution in [0.3, 0.4) is 0 Å². The van der Waals surface area contributed by atoms with Crippen molar-refractivity contribution < 1.29 is 14.4 Å². The lowest BCUT2D eigenvalue weighted by Crippen LogP contribution is -2.70. The molecule has 8 rings (SSSR count). The van der Waals surface area contributed by atoms with Crippen LogP contribution >= 0.6 is 31.9 Å². The van der Waals surface area contributed by atoms with Crippen LogP contribution in [0.25, 0.3) is 6.08 Å². The van der Waals surface area contributed by atoms with Crippen LogP contribution in [0.2, 0.25) is 0 Å². The van der Waals surface area contributed by atoms with Gasteiger partial charge in [-0.3, -0.25) is 4.90 Å². The number of oxime groups is 2. The molecule has 0 aliphatic carbocycles. The molecule has 0 saturated carbocycles. The van der Waals surface area contributed by atoms with E-state index in [-0.39, 0.29) is 6.04 Å². The summed E-state index contributed by atoms with van der Waals surface area (Å²) in [5, 5.41) is 9.62. The van der Waals surface area contributed by atoms with Crippen LogP contribution in [0, 0.1) is 0 Å². The molecule has 3 aliphatic rings. The van der Waals surface area contributed by atoms with E-state index in [1.54, 1.807) is 0 Å². The molecule has 5 aromatic rings. The number of hydrogen-bond acceptors (Lipinski definition) is 6. The lowest BCUT2D eigenvalue weighted by atomic mass is 9.68. The van der Waals surface area contributed by atoms with Gasteiger partial charge in [0, 0.05) is 38.2 Å². The standard InChI is InChI=1S/C41H33Br2N3O3/c1-28(29-15-5-2-6-16-29)46-26-33(25-32-21-11-13-23-35(32)42)41(47-39(45-49-41)31-19-9-4-10-20-31)40(27-46)37(34-22-12-14-24-36(34)43)38(44-48-40)30-17-7-3-8-18-30/h2-25,28,37H,26-27H2,1H3/b33-25-/t28-,37-,40?,41+/m1/s1. The van der Waals surface area contributed by atoms with Crippen molar-refractivity contribution in [3.8, 4) is 0 Å². The van der Waals surface area contributed by atoms with Gasteiger partial charge in [0.2, 0.25) is 5.60 Å². The van der Waals surface area contributed by atoms with Crippen molar-refractivity contribution in [1.29, 1.82) is 0 Å². The van der Waals surface area contributed by atoms with Gasteiger partial charge >= 0.3 is 5.79 Å². The highest BCUT2D eigenvalue weighted by Crippen LogP contribution is 2.57. The van der Waals surface area contributed by atoms with Gasteiger partial charge in [-0.2, -0.15) is 0 Å². The zero-order chi connectivity index (χ0) is 33.4. The lowest BCUT2D eigenvalue weighted by Gasteiger charge is -2.52. The maximum absolute atomic E-state index is 7.15. The molecule has 244 valence electrons. The first-order valence-electron chi connectivity index (χ1n) is 16.3. The first-order valence-corrected chi connectivity index (χ1v) is 17.9. The maximum atomic E-state index is 7.15. The van der Waals surface area contributed by atoms with Crippen molar-refractivity contribution in [3.05, 3.63) is 182 Å². The molecule has 6 nitrogen and oxygen atoms in total. The molecule has 5 aromatic carbocycles. The first kappa shape index (κ1) is 31.7. The molecule has 1 unspecified atom stereocenters. The van der Waals surface area contributed by atoms with Gasteiger partial charge in [0.15, 0.2) is 0 Å². The number of benzene rings is 5. The molecule has 0 N–H and O–H groups in total. The molecular weight excluding hydrogens is 742 g/mol. The Hall–Kier alpha value is -4.50. The minimum absolute atomic E-state index is 0.0261. The number of ether oxygens (including phenoxy) is 1. The van der Waals surface area contributed by atoms with E-state index in [4.69, 9.17) is 19.6 Å². The van der Waals surface area contributed by atoms with Crippen LogP contribution in [-0.4, -0.2) is 41.0 Å². The van der Waals surface area contributed by atoms with Crippen LogP contribution in [0.15, 0.2) is 164 Å². The van der Waals surface area contributed by atoms with Gasteiger partial charge in [-0.25, -0.2) is 0 Å². The zero-order valence-corrected chi connectivity index (χ0v) is 29.9. The molecule has 1 fully saturated rings. The Labute approximate surface area is 303 Å². The third-order valence-electron chi connectivity index (χ3n) is 9.71. The number of fused-ring (bicyclic) bond motifs is 1. The molecule has 4 atom stereocenters. The smallest absolute Gasteiger partial charge is 0.346 e. The Morgan fingerprint density at radius 1 is 0.714 bits per heavy atom. The molecule has 49 heavy (non-hydrogen) atoms. The number of likely N-dealkylation sites (tertiary alicyclic amines) is 1. The van der Waals surface area contributed by atoms with E-state index in [1.807, 2.05) is 78.9 Å². The summed E-state index contributed by atoms with van der Waals surface area (Å²) in [7, 11) is 0. The Kier molecular flexibility index (Phi) is 8.48. The molecule has 0 bridgehead atoms. The molecule has 3 heterocycles. The molecular formula is C41H33Br2N3O3. The summed E-state index contributed by atoms with van der Waals surface area (Å²) >= 11 is 7.70. The van der Waals surface area contributed by atoms with E-state index in [0.717, 1.165) is 42.5 Å². The fraction of sp³-hybridized carbons (Fsp3) is 0.171. The Morgan fingerprint density at radius 3 is 2.02 bits per heavy atom. The van der Waals surface area contributed by atoms with E-state index >= 15 is 0 Å². The van der Waals surface area contributed by atoms with Crippen molar-refractivity contribution in [1.82, 2.24) is 4.90 Å². The largest absolute Gasteiger partial charge is 0.422 e. The van der Waals surface area contributed by atoms with Crippen LogP contribution in [0.4, 0.5) is 0 Å². The second kappa shape index (κ2) is 13.1. The van der Waals surface area contributed by atoms with Crippen molar-refractivity contribution in [2.24, 2.45) is 10.3 Å². The van der Waals surface area contributed by atoms with E-state index in [0.29, 0.717) is 19.0 Å². The van der Waals surface area contributed by atoms with Gasteiger partial charge in [-0.15, -0.1) is 0 Å². The average molecular weight is 776 g/mol. The van der Waals surface area contributed by atoms with Crippen molar-refractivity contribution in [2.75, 3.05) is 13.1 Å². The van der Waals surface area contributed by atoms with Crippen LogP contribution in [-0.2, 0) is 14.4 Å². The topological polar surface area (TPSA) is 55.7 Å². The summed E-state index contributed by atoms with van der Waals surface area (Å²) in [5.74, 6) is -1.52. The summed E-state index contributed by atoms with van der Waals surface area (Å²) in [6.45, 7) is 3.20. The summed E-state index contributed by atoms with van der Waals surface area (Å²) in [6.07, 6.45) is 2.15. The fourth-order valence-electron chi connectivity index (χ4n) is 7.22. The predicted molar refractivity (Wildman–Crippen MR) is 200 cm³/mol. The fourth-order valence-corrected chi connectivity index (χ4v) is 8.13. The SMILES string of the molecule is C[C@H](c1ccccc1)N1C/C(=C/c2ccccc2Br)[C@]2(ON=C(c3ccccc3)O2)C2(C1)ON=C(c1ccccc1)[C@H]2c1ccccc1Br. The molecule has 1 saturated heterocycles. The predicted octanol–water partition coefficient (Wildman–Crippen LogP) is 9.73. The molecule has 0 radical (unpaired) electrons. The van der Waals surface area contributed by atoms with Gasteiger partial charge in [0.25, 0.3) is 5.90 Å². The Balaban J connectivity index is 1.38. The van der Waals surface area contributed by atoms with Gasteiger partial charge in [0.1, 0.15) is 0 Å². The van der Waals surface area contributed by atoms with E-state index in [9.17, 15) is 0 Å². The third kappa shape index (κ3) is 5.52. The maximum Gasteiger partial charge on any atom is 0.346 e. The number of halogens is 2. The van der Waals surface area contributed by atoms with Crippen molar-refractivity contribution in [3.63, 3.8) is 0 Å². The highest BCUT2D eigenvalue weighted by atomic mass is 79.9. The summed E-state index contributed by atoms with van der Waals surface area (Å²) in [4.78, 5) is 16.2. The first-order chi connectivity index (χ1) is 24.0. The van der Waals surface area contributed by atoms with E-state index < -0.39 is 17.3 Å². The van der Waals surface area contributed by atoms with Gasteiger partial charge < -0.3 is 14.4 Å². The highest BCUT2D eigenvalue weighted by molar-refractivity contribution is 9.10. The monoisotopic (exact) mass is 773 g/mol. The molecule has 0 aromatic heterocycles. The van der Waals surface area contributed by atoms with Gasteiger partial charge in [-0.05, 0) is 59.1 Å². The van der Waals surface area contributed by atoms with Gasteiger partial charge in [0.05, 0.1) is 18.2 Å². The number of nitrogens with zero attached hydrogens (tertiary/aromatic N) is 3. The zero-order valence-electron chi connectivity index (χ0n) is 26.7. The summed E-state index contributed by atoms with van der Waals surface area (Å²) in [6, 6.07) is 47.1. The minimum atomic E-state index is -1.49.